The molecule has 1 aromatic heterocycles. The molecule has 0 radical (unpaired) electrons. The minimum atomic E-state index is -2.61. The lowest BCUT2D eigenvalue weighted by Crippen LogP contribution is -2.31. The highest BCUT2D eigenvalue weighted by atomic mass is 19.3. The highest BCUT2D eigenvalue weighted by Gasteiger charge is 2.16. The zero-order chi connectivity index (χ0) is 14.4. The second-order valence-corrected chi connectivity index (χ2v) is 3.76. The van der Waals surface area contributed by atoms with Crippen molar-refractivity contribution in [3.05, 3.63) is 35.7 Å². The molecule has 0 aliphatic heterocycles. The van der Waals surface area contributed by atoms with Crippen molar-refractivity contribution in [2.75, 3.05) is 13.6 Å². The van der Waals surface area contributed by atoms with Crippen LogP contribution in [0.1, 0.15) is 15.9 Å². The minimum Gasteiger partial charge on any atom is -0.478 e. The van der Waals surface area contributed by atoms with E-state index in [0.717, 1.165) is 11.0 Å². The third-order valence-corrected chi connectivity index (χ3v) is 2.18. The predicted molar refractivity (Wildman–Crippen MR) is 63.9 cm³/mol. The van der Waals surface area contributed by atoms with E-state index >= 15 is 0 Å². The first-order valence-electron chi connectivity index (χ1n) is 5.30. The Bertz CT molecular complexity index is 504. The van der Waals surface area contributed by atoms with E-state index in [2.05, 4.69) is 4.98 Å². The Labute approximate surface area is 108 Å². The molecule has 1 aromatic rings. The van der Waals surface area contributed by atoms with Crippen LogP contribution in [0.4, 0.5) is 8.78 Å². The molecule has 102 valence electrons. The van der Waals surface area contributed by atoms with Crippen LogP contribution in [0, 0.1) is 0 Å². The number of carboxylic acids is 1. The molecule has 1 rings (SSSR count). The standard InChI is InChI=1S/C12H12F2N2O3/c1-16(7-10(13)14)12(19)9-4-8(5-15-6-9)2-3-11(17)18/h2-6,10H,7H2,1H3,(H,17,18)/b3-2+. The number of hydrogen-bond donors (Lipinski definition) is 1. The maximum Gasteiger partial charge on any atom is 0.328 e. The molecular weight excluding hydrogens is 258 g/mol. The van der Waals surface area contributed by atoms with Crippen molar-refractivity contribution in [2.45, 2.75) is 6.43 Å². The fourth-order valence-corrected chi connectivity index (χ4v) is 1.34. The SMILES string of the molecule is CN(CC(F)F)C(=O)c1cncc(/C=C/C(=O)O)c1. The van der Waals surface area contributed by atoms with E-state index in [0.29, 0.717) is 5.56 Å². The van der Waals surface area contributed by atoms with Crippen molar-refractivity contribution in [3.63, 3.8) is 0 Å². The topological polar surface area (TPSA) is 70.5 Å². The van der Waals surface area contributed by atoms with Gasteiger partial charge >= 0.3 is 5.97 Å². The maximum atomic E-state index is 12.2. The second-order valence-electron chi connectivity index (χ2n) is 3.76. The number of aromatic nitrogens is 1. The number of nitrogens with zero attached hydrogens (tertiary/aromatic N) is 2. The highest BCUT2D eigenvalue weighted by Crippen LogP contribution is 2.08. The van der Waals surface area contributed by atoms with Gasteiger partial charge in [-0.3, -0.25) is 9.78 Å². The molecule has 0 aliphatic rings. The van der Waals surface area contributed by atoms with Crippen LogP contribution in [0.15, 0.2) is 24.5 Å². The lowest BCUT2D eigenvalue weighted by Gasteiger charge is -2.16. The number of hydrogen-bond acceptors (Lipinski definition) is 3. The van der Waals surface area contributed by atoms with Gasteiger partial charge in [-0.1, -0.05) is 0 Å². The highest BCUT2D eigenvalue weighted by molar-refractivity contribution is 5.94. The van der Waals surface area contributed by atoms with Crippen LogP contribution < -0.4 is 0 Å². The van der Waals surface area contributed by atoms with Gasteiger partial charge in [0.25, 0.3) is 12.3 Å². The number of carbonyl (C=O) groups is 2. The quantitative estimate of drug-likeness (QED) is 0.823. The lowest BCUT2D eigenvalue weighted by molar-refractivity contribution is -0.131. The van der Waals surface area contributed by atoms with E-state index in [-0.39, 0.29) is 5.56 Å². The van der Waals surface area contributed by atoms with E-state index in [1.165, 1.54) is 31.6 Å². The van der Waals surface area contributed by atoms with Crippen LogP contribution in [0.3, 0.4) is 0 Å². The Morgan fingerprint density at radius 1 is 1.47 bits per heavy atom. The normalized spacial score (nSPS) is 10.9. The molecule has 7 heteroatoms. The van der Waals surface area contributed by atoms with Gasteiger partial charge < -0.3 is 10.0 Å². The summed E-state index contributed by atoms with van der Waals surface area (Å²) in [6, 6.07) is 1.39. The van der Waals surface area contributed by atoms with Crippen LogP contribution in [0.5, 0.6) is 0 Å². The summed E-state index contributed by atoms with van der Waals surface area (Å²) >= 11 is 0. The largest absolute Gasteiger partial charge is 0.478 e. The number of rotatable bonds is 5. The third-order valence-electron chi connectivity index (χ3n) is 2.18. The van der Waals surface area contributed by atoms with E-state index in [1.807, 2.05) is 0 Å². The second kappa shape index (κ2) is 6.58. The number of carbonyl (C=O) groups excluding carboxylic acids is 1. The molecule has 19 heavy (non-hydrogen) atoms. The lowest BCUT2D eigenvalue weighted by atomic mass is 10.2. The molecule has 5 nitrogen and oxygen atoms in total. The molecule has 0 bridgehead atoms. The zero-order valence-corrected chi connectivity index (χ0v) is 10.1. The van der Waals surface area contributed by atoms with Crippen LogP contribution >= 0.6 is 0 Å². The van der Waals surface area contributed by atoms with Crippen molar-refractivity contribution in [2.24, 2.45) is 0 Å². The molecule has 0 saturated heterocycles. The number of halogens is 2. The van der Waals surface area contributed by atoms with Gasteiger partial charge in [0.2, 0.25) is 0 Å². The summed E-state index contributed by atoms with van der Waals surface area (Å²) in [4.78, 5) is 26.8. The molecule has 0 fully saturated rings. The molecule has 0 aliphatic carbocycles. The molecule has 0 saturated carbocycles. The monoisotopic (exact) mass is 270 g/mol. The van der Waals surface area contributed by atoms with Crippen LogP contribution in [0.2, 0.25) is 0 Å². The van der Waals surface area contributed by atoms with Crippen molar-refractivity contribution in [3.8, 4) is 0 Å². The summed E-state index contributed by atoms with van der Waals surface area (Å²) in [5.41, 5.74) is 0.523. The number of aliphatic carboxylic acids is 1. The summed E-state index contributed by atoms with van der Waals surface area (Å²) in [6.45, 7) is -0.673. The Morgan fingerprint density at radius 3 is 2.74 bits per heavy atom. The first kappa shape index (κ1) is 14.7. The molecule has 0 spiro atoms. The van der Waals surface area contributed by atoms with Gasteiger partial charge in [-0.05, 0) is 17.7 Å². The average molecular weight is 270 g/mol. The van der Waals surface area contributed by atoms with Crippen LogP contribution in [0.25, 0.3) is 6.08 Å². The van der Waals surface area contributed by atoms with Gasteiger partial charge in [0.05, 0.1) is 12.1 Å². The Balaban J connectivity index is 2.86. The van der Waals surface area contributed by atoms with E-state index in [1.54, 1.807) is 0 Å². The Kier molecular flexibility index (Phi) is 5.11. The number of carboxylic acid groups (broad SMARTS) is 1. The molecular formula is C12H12F2N2O3. The van der Waals surface area contributed by atoms with E-state index in [9.17, 15) is 18.4 Å². The van der Waals surface area contributed by atoms with Gasteiger partial charge in [0, 0.05) is 25.5 Å². The van der Waals surface area contributed by atoms with Crippen molar-refractivity contribution >= 4 is 18.0 Å². The van der Waals surface area contributed by atoms with Crippen LogP contribution in [-0.2, 0) is 4.79 Å². The first-order valence-corrected chi connectivity index (χ1v) is 5.30. The number of pyridine rings is 1. The summed E-state index contributed by atoms with van der Waals surface area (Å²) < 4.78 is 24.3. The fourth-order valence-electron chi connectivity index (χ4n) is 1.34. The van der Waals surface area contributed by atoms with Gasteiger partial charge in [-0.25, -0.2) is 13.6 Å². The van der Waals surface area contributed by atoms with Crippen molar-refractivity contribution in [1.29, 1.82) is 0 Å². The van der Waals surface area contributed by atoms with E-state index < -0.39 is 24.8 Å². The van der Waals surface area contributed by atoms with Gasteiger partial charge in [-0.2, -0.15) is 0 Å². The van der Waals surface area contributed by atoms with Crippen molar-refractivity contribution in [1.82, 2.24) is 9.88 Å². The summed E-state index contributed by atoms with van der Waals surface area (Å²) in [5.74, 6) is -1.73. The van der Waals surface area contributed by atoms with E-state index in [4.69, 9.17) is 5.11 Å². The average Bonchev–Trinajstić information content (AvgIpc) is 2.35. The predicted octanol–water partition coefficient (Wildman–Crippen LogP) is 1.52. The van der Waals surface area contributed by atoms with Gasteiger partial charge in [0.15, 0.2) is 0 Å². The summed E-state index contributed by atoms with van der Waals surface area (Å²) in [5, 5.41) is 8.47. The van der Waals surface area contributed by atoms with Crippen molar-refractivity contribution < 1.29 is 23.5 Å². The Morgan fingerprint density at radius 2 is 2.16 bits per heavy atom. The first-order chi connectivity index (χ1) is 8.90. The molecule has 0 aromatic carbocycles. The number of amides is 1. The summed E-state index contributed by atoms with van der Waals surface area (Å²) in [7, 11) is 1.26. The third kappa shape index (κ3) is 4.82. The van der Waals surface area contributed by atoms with Gasteiger partial charge in [0.1, 0.15) is 0 Å². The smallest absolute Gasteiger partial charge is 0.328 e. The summed E-state index contributed by atoms with van der Waals surface area (Å²) in [6.07, 6.45) is 2.15. The molecule has 1 amide bonds. The zero-order valence-electron chi connectivity index (χ0n) is 10.1. The van der Waals surface area contributed by atoms with Gasteiger partial charge in [-0.15, -0.1) is 0 Å². The van der Waals surface area contributed by atoms with Crippen LogP contribution in [-0.4, -0.2) is 46.9 Å². The Hall–Kier alpha value is -2.31. The molecule has 0 atom stereocenters. The minimum absolute atomic E-state index is 0.121. The maximum absolute atomic E-state index is 12.2. The molecule has 1 N–H and O–H groups in total. The molecule has 1 heterocycles. The number of alkyl halides is 2. The molecule has 0 unspecified atom stereocenters. The fraction of sp³-hybridized carbons (Fsp3) is 0.250.